The van der Waals surface area contributed by atoms with Gasteiger partial charge in [0.25, 0.3) is 0 Å². The summed E-state index contributed by atoms with van der Waals surface area (Å²) in [6.45, 7) is 3.21. The molecule has 5 nitrogen and oxygen atoms in total. The molecule has 25 heavy (non-hydrogen) atoms. The number of hydrogen-bond donors (Lipinski definition) is 1. The highest BCUT2D eigenvalue weighted by Crippen LogP contribution is 2.21. The van der Waals surface area contributed by atoms with Crippen molar-refractivity contribution in [3.05, 3.63) is 59.7 Å². The second-order valence-corrected chi connectivity index (χ2v) is 8.22. The molecule has 1 N–H and O–H groups in total. The van der Waals surface area contributed by atoms with Gasteiger partial charge in [0.15, 0.2) is 5.78 Å². The molecule has 0 unspecified atom stereocenters. The molecule has 1 heterocycles. The minimum Gasteiger partial charge on any atom is -0.378 e. The molecule has 132 valence electrons. The zero-order valence-corrected chi connectivity index (χ0v) is 15.1. The highest BCUT2D eigenvalue weighted by molar-refractivity contribution is 7.89. The maximum Gasteiger partial charge on any atom is 0.243 e. The number of nitrogens with one attached hydrogen (secondary N) is 1. The van der Waals surface area contributed by atoms with Crippen molar-refractivity contribution >= 4 is 21.5 Å². The Morgan fingerprint density at radius 2 is 1.80 bits per heavy atom. The van der Waals surface area contributed by atoms with Gasteiger partial charge < -0.3 is 5.32 Å². The Bertz CT molecular complexity index is 872. The van der Waals surface area contributed by atoms with Crippen molar-refractivity contribution in [2.24, 2.45) is 0 Å². The standard InChI is InChI=1S/C19H22N2O3S/c1-15-6-4-8-17(12-15)20-14-19(22)16-7-5-9-18(13-16)25(23,24)21-10-2-3-11-21/h4-9,12-13,20H,2-3,10-11,14H2,1H3. The molecule has 0 atom stereocenters. The van der Waals surface area contributed by atoms with Crippen LogP contribution in [0.4, 0.5) is 5.69 Å². The fraction of sp³-hybridized carbons (Fsp3) is 0.316. The fourth-order valence-electron chi connectivity index (χ4n) is 2.95. The first-order valence-corrected chi connectivity index (χ1v) is 9.85. The van der Waals surface area contributed by atoms with Gasteiger partial charge in [-0.1, -0.05) is 24.3 Å². The normalized spacial score (nSPS) is 15.2. The lowest BCUT2D eigenvalue weighted by Gasteiger charge is -2.16. The number of ketones is 1. The van der Waals surface area contributed by atoms with Crippen molar-refractivity contribution in [2.75, 3.05) is 25.0 Å². The van der Waals surface area contributed by atoms with E-state index in [1.54, 1.807) is 18.2 Å². The third-order valence-corrected chi connectivity index (χ3v) is 6.22. The van der Waals surface area contributed by atoms with Crippen LogP contribution < -0.4 is 5.32 Å². The van der Waals surface area contributed by atoms with E-state index in [0.717, 1.165) is 24.1 Å². The van der Waals surface area contributed by atoms with Crippen LogP contribution in [0.15, 0.2) is 53.4 Å². The summed E-state index contributed by atoms with van der Waals surface area (Å²) < 4.78 is 26.7. The predicted octanol–water partition coefficient (Wildman–Crippen LogP) is 3.07. The summed E-state index contributed by atoms with van der Waals surface area (Å²) in [5.41, 5.74) is 2.38. The zero-order chi connectivity index (χ0) is 17.9. The number of hydrogen-bond acceptors (Lipinski definition) is 4. The van der Waals surface area contributed by atoms with Crippen molar-refractivity contribution in [1.82, 2.24) is 4.31 Å². The van der Waals surface area contributed by atoms with Crippen LogP contribution in [0.3, 0.4) is 0 Å². The number of Topliss-reactive ketones (excluding diaryl/α,β-unsaturated/α-hetero) is 1. The van der Waals surface area contributed by atoms with Gasteiger partial charge in [0.05, 0.1) is 11.4 Å². The Morgan fingerprint density at radius 1 is 1.08 bits per heavy atom. The number of rotatable bonds is 6. The van der Waals surface area contributed by atoms with E-state index < -0.39 is 10.0 Å². The number of sulfonamides is 1. The third kappa shape index (κ3) is 4.08. The number of anilines is 1. The summed E-state index contributed by atoms with van der Waals surface area (Å²) in [5, 5.41) is 3.09. The Kier molecular flexibility index (Phi) is 5.20. The van der Waals surface area contributed by atoms with Crippen LogP contribution in [0.5, 0.6) is 0 Å². The van der Waals surface area contributed by atoms with E-state index >= 15 is 0 Å². The minimum absolute atomic E-state index is 0.122. The summed E-state index contributed by atoms with van der Waals surface area (Å²) in [4.78, 5) is 12.6. The first-order valence-electron chi connectivity index (χ1n) is 8.41. The molecule has 2 aromatic carbocycles. The van der Waals surface area contributed by atoms with E-state index in [2.05, 4.69) is 5.32 Å². The van der Waals surface area contributed by atoms with Gasteiger partial charge in [-0.25, -0.2) is 8.42 Å². The summed E-state index contributed by atoms with van der Waals surface area (Å²) >= 11 is 0. The van der Waals surface area contributed by atoms with Crippen LogP contribution in [0.2, 0.25) is 0 Å². The van der Waals surface area contributed by atoms with Gasteiger partial charge in [-0.05, 0) is 49.6 Å². The van der Waals surface area contributed by atoms with Crippen LogP contribution in [0, 0.1) is 6.92 Å². The molecule has 0 aromatic heterocycles. The molecule has 0 bridgehead atoms. The monoisotopic (exact) mass is 358 g/mol. The molecular formula is C19H22N2O3S. The molecule has 2 aromatic rings. The van der Waals surface area contributed by atoms with E-state index in [4.69, 9.17) is 0 Å². The van der Waals surface area contributed by atoms with Crippen LogP contribution in [-0.2, 0) is 10.0 Å². The van der Waals surface area contributed by atoms with Crippen LogP contribution in [0.25, 0.3) is 0 Å². The lowest BCUT2D eigenvalue weighted by Crippen LogP contribution is -2.28. The maximum absolute atomic E-state index is 12.6. The Morgan fingerprint density at radius 3 is 2.52 bits per heavy atom. The zero-order valence-electron chi connectivity index (χ0n) is 14.2. The van der Waals surface area contributed by atoms with E-state index in [9.17, 15) is 13.2 Å². The number of carbonyl (C=O) groups excluding carboxylic acids is 1. The van der Waals surface area contributed by atoms with Crippen LogP contribution in [0.1, 0.15) is 28.8 Å². The third-order valence-electron chi connectivity index (χ3n) is 4.33. The first-order chi connectivity index (χ1) is 12.0. The van der Waals surface area contributed by atoms with Crippen LogP contribution in [-0.4, -0.2) is 38.1 Å². The fourth-order valence-corrected chi connectivity index (χ4v) is 4.51. The summed E-state index contributed by atoms with van der Waals surface area (Å²) in [5.74, 6) is -0.139. The second-order valence-electron chi connectivity index (χ2n) is 6.29. The highest BCUT2D eigenvalue weighted by Gasteiger charge is 2.27. The largest absolute Gasteiger partial charge is 0.378 e. The summed E-state index contributed by atoms with van der Waals surface area (Å²) in [6.07, 6.45) is 1.77. The van der Waals surface area contributed by atoms with E-state index in [1.807, 2.05) is 31.2 Å². The smallest absolute Gasteiger partial charge is 0.243 e. The SMILES string of the molecule is Cc1cccc(NCC(=O)c2cccc(S(=O)(=O)N3CCCC3)c2)c1. The van der Waals surface area contributed by atoms with Gasteiger partial charge in [0, 0.05) is 24.3 Å². The first kappa shape index (κ1) is 17.6. The molecule has 0 amide bonds. The lowest BCUT2D eigenvalue weighted by atomic mass is 10.1. The van der Waals surface area contributed by atoms with Gasteiger partial charge in [-0.15, -0.1) is 0 Å². The van der Waals surface area contributed by atoms with E-state index in [1.165, 1.54) is 10.4 Å². The molecule has 0 aliphatic carbocycles. The quantitative estimate of drug-likeness (QED) is 0.806. The maximum atomic E-state index is 12.6. The Balaban J connectivity index is 1.73. The molecule has 1 aliphatic rings. The highest BCUT2D eigenvalue weighted by atomic mass is 32.2. The number of aryl methyl sites for hydroxylation is 1. The Labute approximate surface area is 148 Å². The number of carbonyl (C=O) groups is 1. The van der Waals surface area contributed by atoms with Crippen molar-refractivity contribution < 1.29 is 13.2 Å². The molecule has 1 aliphatic heterocycles. The second kappa shape index (κ2) is 7.37. The summed E-state index contributed by atoms with van der Waals surface area (Å²) in [6, 6.07) is 14.1. The number of benzene rings is 2. The van der Waals surface area contributed by atoms with Gasteiger partial charge in [0.1, 0.15) is 0 Å². The van der Waals surface area contributed by atoms with Crippen molar-refractivity contribution in [2.45, 2.75) is 24.7 Å². The van der Waals surface area contributed by atoms with Gasteiger partial charge >= 0.3 is 0 Å². The molecule has 6 heteroatoms. The molecule has 1 saturated heterocycles. The van der Waals surface area contributed by atoms with Gasteiger partial charge in [0.2, 0.25) is 10.0 Å². The van der Waals surface area contributed by atoms with E-state index in [-0.39, 0.29) is 17.2 Å². The topological polar surface area (TPSA) is 66.5 Å². The predicted molar refractivity (Wildman–Crippen MR) is 98.4 cm³/mol. The van der Waals surface area contributed by atoms with Crippen molar-refractivity contribution in [3.8, 4) is 0 Å². The number of nitrogens with zero attached hydrogens (tertiary/aromatic N) is 1. The molecule has 1 fully saturated rings. The van der Waals surface area contributed by atoms with Crippen molar-refractivity contribution in [1.29, 1.82) is 0 Å². The van der Waals surface area contributed by atoms with Crippen molar-refractivity contribution in [3.63, 3.8) is 0 Å². The molecule has 0 saturated carbocycles. The molecule has 0 radical (unpaired) electrons. The van der Waals surface area contributed by atoms with Gasteiger partial charge in [-0.3, -0.25) is 4.79 Å². The average molecular weight is 358 g/mol. The summed E-state index contributed by atoms with van der Waals surface area (Å²) in [7, 11) is -3.51. The van der Waals surface area contributed by atoms with E-state index in [0.29, 0.717) is 18.7 Å². The van der Waals surface area contributed by atoms with Crippen LogP contribution >= 0.6 is 0 Å². The lowest BCUT2D eigenvalue weighted by molar-refractivity contribution is 0.101. The average Bonchev–Trinajstić information content (AvgIpc) is 3.15. The molecular weight excluding hydrogens is 336 g/mol. The molecule has 3 rings (SSSR count). The minimum atomic E-state index is -3.51. The Hall–Kier alpha value is -2.18. The molecule has 0 spiro atoms. The van der Waals surface area contributed by atoms with Gasteiger partial charge in [-0.2, -0.15) is 4.31 Å².